The van der Waals surface area contributed by atoms with Gasteiger partial charge in [-0.2, -0.15) is 4.98 Å². The zero-order chi connectivity index (χ0) is 20.2. The number of amides is 1. The van der Waals surface area contributed by atoms with E-state index in [1.54, 1.807) is 0 Å². The van der Waals surface area contributed by atoms with Crippen molar-refractivity contribution in [2.45, 2.75) is 39.5 Å². The fourth-order valence-electron chi connectivity index (χ4n) is 4.23. The quantitative estimate of drug-likeness (QED) is 0.800. The summed E-state index contributed by atoms with van der Waals surface area (Å²) in [7, 11) is 0. The van der Waals surface area contributed by atoms with Gasteiger partial charge in [0.1, 0.15) is 5.82 Å². The number of nitrogens with zero attached hydrogens (tertiary/aromatic N) is 5. The van der Waals surface area contributed by atoms with Crippen LogP contribution in [0.4, 0.5) is 11.8 Å². The van der Waals surface area contributed by atoms with E-state index in [1.807, 2.05) is 43.0 Å². The molecule has 29 heavy (non-hydrogen) atoms. The van der Waals surface area contributed by atoms with Crippen LogP contribution in [0.1, 0.15) is 47.3 Å². The monoisotopic (exact) mass is 393 g/mol. The lowest BCUT2D eigenvalue weighted by atomic mass is 10.1. The van der Waals surface area contributed by atoms with Crippen molar-refractivity contribution in [3.05, 3.63) is 47.2 Å². The summed E-state index contributed by atoms with van der Waals surface area (Å²) in [4.78, 5) is 29.1. The molecule has 1 amide bonds. The predicted octanol–water partition coefficient (Wildman–Crippen LogP) is 3.44. The first-order chi connectivity index (χ1) is 14.1. The van der Waals surface area contributed by atoms with Gasteiger partial charge in [-0.3, -0.25) is 4.79 Å². The molecule has 2 aliphatic rings. The number of hydrogen-bond donors (Lipinski definition) is 0. The Balaban J connectivity index is 1.44. The van der Waals surface area contributed by atoms with E-state index < -0.39 is 0 Å². The number of rotatable bonds is 3. The van der Waals surface area contributed by atoms with Gasteiger partial charge >= 0.3 is 0 Å². The number of carbonyl (C=O) groups is 1. The van der Waals surface area contributed by atoms with Crippen LogP contribution in [0.2, 0.25) is 0 Å². The van der Waals surface area contributed by atoms with Crippen molar-refractivity contribution in [2.75, 3.05) is 49.1 Å². The Morgan fingerprint density at radius 3 is 2.21 bits per heavy atom. The molecule has 2 aliphatic heterocycles. The van der Waals surface area contributed by atoms with Crippen LogP contribution in [-0.4, -0.2) is 60.0 Å². The van der Waals surface area contributed by atoms with Gasteiger partial charge in [-0.1, -0.05) is 31.0 Å². The molecule has 4 rings (SSSR count). The second-order valence-corrected chi connectivity index (χ2v) is 8.16. The molecule has 0 atom stereocenters. The highest BCUT2D eigenvalue weighted by atomic mass is 16.2. The standard InChI is InChI=1S/C23H31N5O/c1-18-9-5-6-10-20(18)22(29)27-15-13-26(14-16-27)21-17-19(2)24-23(25-21)28-11-7-3-4-8-12-28/h5-6,9-10,17H,3-4,7-8,11-16H2,1-2H3. The average molecular weight is 394 g/mol. The summed E-state index contributed by atoms with van der Waals surface area (Å²) in [5, 5.41) is 0. The summed E-state index contributed by atoms with van der Waals surface area (Å²) < 4.78 is 0. The summed E-state index contributed by atoms with van der Waals surface area (Å²) in [6.07, 6.45) is 5.02. The molecule has 0 aliphatic carbocycles. The minimum absolute atomic E-state index is 0.131. The second-order valence-electron chi connectivity index (χ2n) is 8.16. The fourth-order valence-corrected chi connectivity index (χ4v) is 4.23. The number of piperazine rings is 1. The van der Waals surface area contributed by atoms with E-state index in [2.05, 4.69) is 15.9 Å². The number of aromatic nitrogens is 2. The van der Waals surface area contributed by atoms with Crippen LogP contribution >= 0.6 is 0 Å². The lowest BCUT2D eigenvalue weighted by molar-refractivity contribution is 0.0746. The molecule has 0 saturated carbocycles. The van der Waals surface area contributed by atoms with Gasteiger partial charge in [-0.05, 0) is 38.3 Å². The number of hydrogen-bond acceptors (Lipinski definition) is 5. The molecule has 0 spiro atoms. The maximum absolute atomic E-state index is 12.9. The first kappa shape index (κ1) is 19.7. The van der Waals surface area contributed by atoms with E-state index >= 15 is 0 Å². The Morgan fingerprint density at radius 1 is 0.828 bits per heavy atom. The Labute approximate surface area is 173 Å². The smallest absolute Gasteiger partial charge is 0.254 e. The van der Waals surface area contributed by atoms with Gasteiger partial charge in [-0.15, -0.1) is 0 Å². The number of anilines is 2. The molecule has 6 nitrogen and oxygen atoms in total. The first-order valence-corrected chi connectivity index (χ1v) is 10.8. The molecule has 3 heterocycles. The van der Waals surface area contributed by atoms with Crippen molar-refractivity contribution >= 4 is 17.7 Å². The third-order valence-electron chi connectivity index (χ3n) is 5.98. The molecule has 2 fully saturated rings. The molecule has 0 bridgehead atoms. The lowest BCUT2D eigenvalue weighted by Gasteiger charge is -2.36. The van der Waals surface area contributed by atoms with E-state index in [1.165, 1.54) is 25.7 Å². The van der Waals surface area contributed by atoms with Crippen LogP contribution in [0.15, 0.2) is 30.3 Å². The molecule has 0 radical (unpaired) electrons. The SMILES string of the molecule is Cc1cc(N2CCN(C(=O)c3ccccc3C)CC2)nc(N2CCCCCC2)n1. The number of aryl methyl sites for hydroxylation is 2. The maximum atomic E-state index is 12.9. The first-order valence-electron chi connectivity index (χ1n) is 10.8. The Morgan fingerprint density at radius 2 is 1.52 bits per heavy atom. The third-order valence-corrected chi connectivity index (χ3v) is 5.98. The number of carbonyl (C=O) groups excluding carboxylic acids is 1. The van der Waals surface area contributed by atoms with Crippen molar-refractivity contribution < 1.29 is 4.79 Å². The molecule has 0 unspecified atom stereocenters. The van der Waals surface area contributed by atoms with Crippen LogP contribution in [0.3, 0.4) is 0 Å². The molecular weight excluding hydrogens is 362 g/mol. The van der Waals surface area contributed by atoms with E-state index in [-0.39, 0.29) is 5.91 Å². The highest BCUT2D eigenvalue weighted by Gasteiger charge is 2.24. The Kier molecular flexibility index (Phi) is 5.97. The van der Waals surface area contributed by atoms with Crippen LogP contribution in [-0.2, 0) is 0 Å². The van der Waals surface area contributed by atoms with Crippen LogP contribution in [0, 0.1) is 13.8 Å². The van der Waals surface area contributed by atoms with Gasteiger partial charge in [-0.25, -0.2) is 4.98 Å². The summed E-state index contributed by atoms with van der Waals surface area (Å²) in [6.45, 7) is 9.16. The largest absolute Gasteiger partial charge is 0.353 e. The highest BCUT2D eigenvalue weighted by molar-refractivity contribution is 5.95. The molecular formula is C23H31N5O. The summed E-state index contributed by atoms with van der Waals surface area (Å²) in [5.74, 6) is 1.98. The normalized spacial score (nSPS) is 17.9. The molecule has 154 valence electrons. The maximum Gasteiger partial charge on any atom is 0.254 e. The molecule has 6 heteroatoms. The Bertz CT molecular complexity index is 852. The van der Waals surface area contributed by atoms with Gasteiger partial charge in [0.15, 0.2) is 0 Å². The van der Waals surface area contributed by atoms with Crippen molar-refractivity contribution in [1.29, 1.82) is 0 Å². The van der Waals surface area contributed by atoms with Gasteiger partial charge < -0.3 is 14.7 Å². The van der Waals surface area contributed by atoms with Crippen LogP contribution in [0.25, 0.3) is 0 Å². The van der Waals surface area contributed by atoms with Gasteiger partial charge in [0.25, 0.3) is 5.91 Å². The average Bonchev–Trinajstić information content (AvgIpc) is 3.03. The van der Waals surface area contributed by atoms with Crippen molar-refractivity contribution in [2.24, 2.45) is 0 Å². The van der Waals surface area contributed by atoms with Gasteiger partial charge in [0.2, 0.25) is 5.95 Å². The topological polar surface area (TPSA) is 52.6 Å². The summed E-state index contributed by atoms with van der Waals surface area (Å²) in [6, 6.07) is 9.90. The fraction of sp³-hybridized carbons (Fsp3) is 0.522. The summed E-state index contributed by atoms with van der Waals surface area (Å²) in [5.41, 5.74) is 2.85. The van der Waals surface area contributed by atoms with Gasteiger partial charge in [0.05, 0.1) is 0 Å². The van der Waals surface area contributed by atoms with Crippen molar-refractivity contribution in [3.8, 4) is 0 Å². The number of benzene rings is 1. The van der Waals surface area contributed by atoms with E-state index in [9.17, 15) is 4.79 Å². The van der Waals surface area contributed by atoms with Crippen molar-refractivity contribution in [3.63, 3.8) is 0 Å². The van der Waals surface area contributed by atoms with Gasteiger partial charge in [0, 0.05) is 56.6 Å². The second kappa shape index (κ2) is 8.80. The summed E-state index contributed by atoms with van der Waals surface area (Å²) >= 11 is 0. The third kappa shape index (κ3) is 4.52. The molecule has 1 aromatic heterocycles. The highest BCUT2D eigenvalue weighted by Crippen LogP contribution is 2.22. The van der Waals surface area contributed by atoms with Crippen LogP contribution < -0.4 is 9.80 Å². The minimum Gasteiger partial charge on any atom is -0.353 e. The minimum atomic E-state index is 0.131. The Hall–Kier alpha value is -2.63. The van der Waals surface area contributed by atoms with Crippen molar-refractivity contribution in [1.82, 2.24) is 14.9 Å². The molecule has 0 N–H and O–H groups in total. The molecule has 2 saturated heterocycles. The zero-order valence-corrected chi connectivity index (χ0v) is 17.6. The predicted molar refractivity (Wildman–Crippen MR) is 117 cm³/mol. The zero-order valence-electron chi connectivity index (χ0n) is 17.6. The van der Waals surface area contributed by atoms with E-state index in [0.29, 0.717) is 0 Å². The molecule has 1 aromatic carbocycles. The van der Waals surface area contributed by atoms with E-state index in [0.717, 1.165) is 67.9 Å². The van der Waals surface area contributed by atoms with Crippen LogP contribution in [0.5, 0.6) is 0 Å². The molecule has 2 aromatic rings. The van der Waals surface area contributed by atoms with E-state index in [4.69, 9.17) is 9.97 Å². The lowest BCUT2D eigenvalue weighted by Crippen LogP contribution is -2.49.